The average Bonchev–Trinajstić information content (AvgIpc) is 3.92. The molecule has 0 atom stereocenters. The van der Waals surface area contributed by atoms with Crippen molar-refractivity contribution in [2.24, 2.45) is 0 Å². The molecule has 4 heterocycles. The highest BCUT2D eigenvalue weighted by atomic mass is 15.2. The highest BCUT2D eigenvalue weighted by Gasteiger charge is 2.21. The van der Waals surface area contributed by atoms with Crippen LogP contribution in [0.3, 0.4) is 0 Å². The lowest BCUT2D eigenvalue weighted by Gasteiger charge is -2.17. The summed E-state index contributed by atoms with van der Waals surface area (Å²) in [6, 6.07) is 65.6. The molecule has 264 valence electrons. The summed E-state index contributed by atoms with van der Waals surface area (Å²) in [5.41, 5.74) is 10.1. The van der Waals surface area contributed by atoms with Gasteiger partial charge >= 0.3 is 0 Å². The minimum atomic E-state index is 0.663. The zero-order chi connectivity index (χ0) is 37.2. The molecule has 0 spiro atoms. The Morgan fingerprint density at radius 1 is 0.316 bits per heavy atom. The highest BCUT2D eigenvalue weighted by molar-refractivity contribution is 6.27. The van der Waals surface area contributed by atoms with Gasteiger partial charge in [0, 0.05) is 60.4 Å². The number of benzene rings is 9. The topological polar surface area (TPSA) is 40.6 Å². The van der Waals surface area contributed by atoms with E-state index in [-0.39, 0.29) is 0 Å². The Labute approximate surface area is 325 Å². The summed E-state index contributed by atoms with van der Waals surface area (Å²) < 4.78 is 7.05. The van der Waals surface area contributed by atoms with Crippen LogP contribution in [0.15, 0.2) is 188 Å². The standard InChI is InChI=1S/C52H31N5/c1-2-20-40-33(14-1)39-21-13-27-49(50(39)42-31-53-52(54-51(40)42)57-46-25-11-5-17-36(46)37-18-6-12-26-47(37)57)56-45-24-10-7-19-38(45)41-30-32(28-29-48(41)56)55-43-22-8-3-15-34(43)35-16-4-9-23-44(35)55/h1-31H. The minimum Gasteiger partial charge on any atom is -0.309 e. The van der Waals surface area contributed by atoms with E-state index in [0.29, 0.717) is 5.95 Å². The molecular formula is C52H31N5. The second-order valence-electron chi connectivity index (χ2n) is 15.0. The van der Waals surface area contributed by atoms with Crippen molar-refractivity contribution in [3.63, 3.8) is 0 Å². The van der Waals surface area contributed by atoms with Crippen molar-refractivity contribution in [3.8, 4) is 17.3 Å². The van der Waals surface area contributed by atoms with Gasteiger partial charge in [-0.05, 0) is 65.4 Å². The first-order valence-electron chi connectivity index (χ1n) is 19.4. The van der Waals surface area contributed by atoms with Gasteiger partial charge in [0.2, 0.25) is 5.95 Å². The molecule has 0 radical (unpaired) electrons. The molecule has 13 aromatic rings. The van der Waals surface area contributed by atoms with Crippen molar-refractivity contribution < 1.29 is 0 Å². The summed E-state index contributed by atoms with van der Waals surface area (Å²) in [5, 5.41) is 12.9. The Hall–Kier alpha value is -7.76. The number of hydrogen-bond donors (Lipinski definition) is 0. The Morgan fingerprint density at radius 2 is 0.772 bits per heavy atom. The monoisotopic (exact) mass is 725 g/mol. The molecule has 4 aromatic heterocycles. The van der Waals surface area contributed by atoms with Crippen molar-refractivity contribution in [2.45, 2.75) is 0 Å². The van der Waals surface area contributed by atoms with E-state index in [9.17, 15) is 0 Å². The quantitative estimate of drug-likeness (QED) is 0.170. The molecule has 0 aliphatic heterocycles. The first kappa shape index (κ1) is 30.6. The third-order valence-corrected chi connectivity index (χ3v) is 12.1. The molecule has 9 aromatic carbocycles. The number of rotatable bonds is 3. The van der Waals surface area contributed by atoms with Gasteiger partial charge in [-0.25, -0.2) is 9.97 Å². The van der Waals surface area contributed by atoms with Crippen LogP contribution in [0.4, 0.5) is 0 Å². The van der Waals surface area contributed by atoms with Crippen molar-refractivity contribution in [1.29, 1.82) is 0 Å². The molecule has 0 N–H and O–H groups in total. The molecule has 0 saturated carbocycles. The van der Waals surface area contributed by atoms with Crippen LogP contribution in [-0.4, -0.2) is 23.7 Å². The lowest BCUT2D eigenvalue weighted by molar-refractivity contribution is 1.01. The summed E-state index contributed by atoms with van der Waals surface area (Å²) in [6.07, 6.45) is 2.05. The SMILES string of the molecule is c1ccc2c(c1)c1cccc(-n3c4ccccc4c4cc(-n5c6ccccc6c6ccccc65)ccc43)c1c1cnc(-n3c4ccccc4c4ccccc43)nc21. The Balaban J connectivity index is 1.11. The predicted octanol–water partition coefficient (Wildman–Crippen LogP) is 13.2. The molecule has 0 aliphatic rings. The van der Waals surface area contributed by atoms with Gasteiger partial charge in [0.05, 0.1) is 44.3 Å². The van der Waals surface area contributed by atoms with Gasteiger partial charge in [-0.2, -0.15) is 0 Å². The molecular weight excluding hydrogens is 695 g/mol. The first-order chi connectivity index (χ1) is 28.3. The summed E-state index contributed by atoms with van der Waals surface area (Å²) in [5.74, 6) is 0.663. The van der Waals surface area contributed by atoms with Gasteiger partial charge in [-0.15, -0.1) is 0 Å². The zero-order valence-corrected chi connectivity index (χ0v) is 30.6. The van der Waals surface area contributed by atoms with E-state index in [1.807, 2.05) is 6.20 Å². The summed E-state index contributed by atoms with van der Waals surface area (Å²) >= 11 is 0. The third-order valence-electron chi connectivity index (χ3n) is 12.1. The van der Waals surface area contributed by atoms with E-state index < -0.39 is 0 Å². The van der Waals surface area contributed by atoms with Gasteiger partial charge < -0.3 is 9.13 Å². The number of hydrogen-bond acceptors (Lipinski definition) is 2. The van der Waals surface area contributed by atoms with Crippen LogP contribution in [-0.2, 0) is 0 Å². The maximum atomic E-state index is 5.47. The first-order valence-corrected chi connectivity index (χ1v) is 19.4. The molecule has 0 saturated heterocycles. The van der Waals surface area contributed by atoms with Crippen LogP contribution in [0.2, 0.25) is 0 Å². The second kappa shape index (κ2) is 11.4. The third kappa shape index (κ3) is 4.12. The largest absolute Gasteiger partial charge is 0.309 e. The molecule has 0 amide bonds. The summed E-state index contributed by atoms with van der Waals surface area (Å²) in [4.78, 5) is 10.7. The molecule has 5 nitrogen and oxygen atoms in total. The zero-order valence-electron chi connectivity index (χ0n) is 30.6. The van der Waals surface area contributed by atoms with Crippen LogP contribution in [0.5, 0.6) is 0 Å². The Bertz CT molecular complexity index is 3720. The van der Waals surface area contributed by atoms with Gasteiger partial charge in [0.1, 0.15) is 0 Å². The number of nitrogens with zero attached hydrogens (tertiary/aromatic N) is 5. The molecule has 0 fully saturated rings. The average molecular weight is 726 g/mol. The minimum absolute atomic E-state index is 0.663. The molecule has 0 unspecified atom stereocenters. The molecule has 13 rings (SSSR count). The lowest BCUT2D eigenvalue weighted by atomic mass is 9.96. The normalized spacial score (nSPS) is 12.2. The Kier molecular flexibility index (Phi) is 6.10. The van der Waals surface area contributed by atoms with Gasteiger partial charge in [0.25, 0.3) is 0 Å². The van der Waals surface area contributed by atoms with Crippen molar-refractivity contribution in [1.82, 2.24) is 23.7 Å². The lowest BCUT2D eigenvalue weighted by Crippen LogP contribution is -2.02. The van der Waals surface area contributed by atoms with Crippen LogP contribution in [0, 0.1) is 0 Å². The van der Waals surface area contributed by atoms with Crippen LogP contribution in [0.1, 0.15) is 0 Å². The number of fused-ring (bicyclic) bond motifs is 15. The fourth-order valence-electron chi connectivity index (χ4n) is 9.73. The fraction of sp³-hybridized carbons (Fsp3) is 0. The molecule has 57 heavy (non-hydrogen) atoms. The van der Waals surface area contributed by atoms with Crippen molar-refractivity contribution in [3.05, 3.63) is 188 Å². The molecule has 0 aliphatic carbocycles. The van der Waals surface area contributed by atoms with Gasteiger partial charge in [-0.3, -0.25) is 4.57 Å². The number of para-hydroxylation sites is 5. The van der Waals surface area contributed by atoms with E-state index in [4.69, 9.17) is 9.97 Å². The molecule has 5 heteroatoms. The predicted molar refractivity (Wildman–Crippen MR) is 238 cm³/mol. The maximum absolute atomic E-state index is 5.47. The van der Waals surface area contributed by atoms with Crippen molar-refractivity contribution >= 4 is 97.9 Å². The van der Waals surface area contributed by atoms with Gasteiger partial charge in [-0.1, -0.05) is 127 Å². The summed E-state index contributed by atoms with van der Waals surface area (Å²) in [6.45, 7) is 0. The smallest absolute Gasteiger partial charge is 0.235 e. The van der Waals surface area contributed by atoms with Crippen LogP contribution in [0.25, 0.3) is 115 Å². The number of aromatic nitrogens is 5. The van der Waals surface area contributed by atoms with Gasteiger partial charge in [0.15, 0.2) is 0 Å². The van der Waals surface area contributed by atoms with E-state index in [1.54, 1.807) is 0 Å². The van der Waals surface area contributed by atoms with E-state index in [2.05, 4.69) is 196 Å². The van der Waals surface area contributed by atoms with E-state index in [1.165, 1.54) is 54.1 Å². The summed E-state index contributed by atoms with van der Waals surface area (Å²) in [7, 11) is 0. The second-order valence-corrected chi connectivity index (χ2v) is 15.0. The van der Waals surface area contributed by atoms with E-state index >= 15 is 0 Å². The van der Waals surface area contributed by atoms with Crippen molar-refractivity contribution in [2.75, 3.05) is 0 Å². The Morgan fingerprint density at radius 3 is 1.37 bits per heavy atom. The fourth-order valence-corrected chi connectivity index (χ4v) is 9.73. The van der Waals surface area contributed by atoms with Crippen LogP contribution >= 0.6 is 0 Å². The molecule has 0 bridgehead atoms. The van der Waals surface area contributed by atoms with E-state index in [0.717, 1.165) is 55.1 Å². The maximum Gasteiger partial charge on any atom is 0.235 e. The highest BCUT2D eigenvalue weighted by Crippen LogP contribution is 2.42. The van der Waals surface area contributed by atoms with Crippen LogP contribution < -0.4 is 0 Å².